The lowest BCUT2D eigenvalue weighted by Crippen LogP contribution is -2.39. The van der Waals surface area contributed by atoms with Crippen LogP contribution >= 0.6 is 0 Å². The van der Waals surface area contributed by atoms with Gasteiger partial charge in [0.1, 0.15) is 12.4 Å². The Kier molecular flexibility index (Phi) is 5.98. The fraction of sp³-hybridized carbons (Fsp3) is 0.643. The zero-order chi connectivity index (χ0) is 16.1. The average molecular weight is 305 g/mol. The molecule has 7 heteroatoms. The van der Waals surface area contributed by atoms with E-state index in [0.717, 1.165) is 4.90 Å². The van der Waals surface area contributed by atoms with E-state index < -0.39 is 12.7 Å². The topological polar surface area (TPSA) is 48.4 Å². The molecule has 0 fully saturated rings. The number of alkyl halides is 3. The van der Waals surface area contributed by atoms with Crippen molar-refractivity contribution in [1.29, 1.82) is 0 Å². The van der Waals surface area contributed by atoms with Crippen molar-refractivity contribution in [2.45, 2.75) is 39.0 Å². The molecule has 0 aliphatic rings. The molecule has 0 aromatic carbocycles. The van der Waals surface area contributed by atoms with Crippen LogP contribution in [0.4, 0.5) is 19.0 Å². The minimum atomic E-state index is -4.35. The van der Waals surface area contributed by atoms with Gasteiger partial charge in [-0.25, -0.2) is 4.98 Å². The zero-order valence-corrected chi connectivity index (χ0v) is 12.5. The van der Waals surface area contributed by atoms with Gasteiger partial charge in [0.15, 0.2) is 0 Å². The number of hydrogen-bond acceptors (Lipinski definition) is 4. The number of hydrogen-bond donors (Lipinski definition) is 2. The van der Waals surface area contributed by atoms with Crippen LogP contribution in [0.25, 0.3) is 0 Å². The molecule has 1 aromatic heterocycles. The van der Waals surface area contributed by atoms with E-state index in [4.69, 9.17) is 5.11 Å². The summed E-state index contributed by atoms with van der Waals surface area (Å²) in [5.74, 6) is 0.251. The molecule has 0 atom stereocenters. The standard InChI is InChI=1S/C14H22F3N3O/c1-13(2,3)19-9-11-5-4-6-18-12(11)20(7-8-21)10-14(15,16)17/h4-6,19,21H,7-10H2,1-3H3. The van der Waals surface area contributed by atoms with Crippen molar-refractivity contribution in [2.75, 3.05) is 24.6 Å². The van der Waals surface area contributed by atoms with E-state index in [1.165, 1.54) is 6.20 Å². The number of nitrogens with zero attached hydrogens (tertiary/aromatic N) is 2. The van der Waals surface area contributed by atoms with E-state index in [1.807, 2.05) is 20.8 Å². The van der Waals surface area contributed by atoms with Crippen LogP contribution in [-0.2, 0) is 6.54 Å². The van der Waals surface area contributed by atoms with Gasteiger partial charge >= 0.3 is 6.18 Å². The van der Waals surface area contributed by atoms with Gasteiger partial charge in [-0.15, -0.1) is 0 Å². The zero-order valence-electron chi connectivity index (χ0n) is 12.5. The molecule has 0 saturated carbocycles. The van der Waals surface area contributed by atoms with Crippen molar-refractivity contribution in [2.24, 2.45) is 0 Å². The molecule has 0 bridgehead atoms. The number of rotatable bonds is 6. The Hall–Kier alpha value is -1.34. The highest BCUT2D eigenvalue weighted by Crippen LogP contribution is 2.23. The molecule has 0 aliphatic carbocycles. The van der Waals surface area contributed by atoms with Crippen molar-refractivity contribution < 1.29 is 18.3 Å². The predicted octanol–water partition coefficient (Wildman–Crippen LogP) is 2.33. The number of aromatic nitrogens is 1. The van der Waals surface area contributed by atoms with Crippen molar-refractivity contribution in [3.05, 3.63) is 23.9 Å². The first-order chi connectivity index (χ1) is 9.62. The van der Waals surface area contributed by atoms with Gasteiger partial charge in [0.05, 0.1) is 6.61 Å². The molecule has 0 unspecified atom stereocenters. The summed E-state index contributed by atoms with van der Waals surface area (Å²) < 4.78 is 38.0. The van der Waals surface area contributed by atoms with E-state index >= 15 is 0 Å². The van der Waals surface area contributed by atoms with E-state index in [1.54, 1.807) is 12.1 Å². The van der Waals surface area contributed by atoms with E-state index in [0.29, 0.717) is 12.1 Å². The van der Waals surface area contributed by atoms with Gasteiger partial charge in [0.25, 0.3) is 0 Å². The summed E-state index contributed by atoms with van der Waals surface area (Å²) in [6.07, 6.45) is -2.89. The summed E-state index contributed by atoms with van der Waals surface area (Å²) >= 11 is 0. The predicted molar refractivity (Wildman–Crippen MR) is 76.2 cm³/mol. The lowest BCUT2D eigenvalue weighted by molar-refractivity contribution is -0.120. The smallest absolute Gasteiger partial charge is 0.395 e. The van der Waals surface area contributed by atoms with Crippen LogP contribution in [-0.4, -0.2) is 41.5 Å². The second-order valence-corrected chi connectivity index (χ2v) is 5.85. The molecule has 1 heterocycles. The molecular formula is C14H22F3N3O. The van der Waals surface area contributed by atoms with Gasteiger partial charge in [-0.1, -0.05) is 6.07 Å². The molecular weight excluding hydrogens is 283 g/mol. The Morgan fingerprint density at radius 3 is 2.48 bits per heavy atom. The summed E-state index contributed by atoms with van der Waals surface area (Å²) in [6.45, 7) is 4.73. The van der Waals surface area contributed by atoms with Crippen molar-refractivity contribution in [1.82, 2.24) is 10.3 Å². The minimum Gasteiger partial charge on any atom is -0.395 e. The molecule has 1 aromatic rings. The second kappa shape index (κ2) is 7.09. The summed E-state index contributed by atoms with van der Waals surface area (Å²) in [5, 5.41) is 12.2. The highest BCUT2D eigenvalue weighted by molar-refractivity contribution is 5.47. The highest BCUT2D eigenvalue weighted by atomic mass is 19.4. The second-order valence-electron chi connectivity index (χ2n) is 5.85. The Morgan fingerprint density at radius 2 is 1.95 bits per heavy atom. The molecule has 2 N–H and O–H groups in total. The highest BCUT2D eigenvalue weighted by Gasteiger charge is 2.32. The maximum Gasteiger partial charge on any atom is 0.405 e. The number of halogens is 3. The number of pyridine rings is 1. The molecule has 0 radical (unpaired) electrons. The summed E-state index contributed by atoms with van der Waals surface area (Å²) in [5.41, 5.74) is 0.518. The van der Waals surface area contributed by atoms with Gasteiger partial charge in [0, 0.05) is 30.4 Å². The van der Waals surface area contributed by atoms with Crippen LogP contribution in [0, 0.1) is 0 Å². The first-order valence-corrected chi connectivity index (χ1v) is 6.74. The van der Waals surface area contributed by atoms with Crippen molar-refractivity contribution >= 4 is 5.82 Å². The summed E-state index contributed by atoms with van der Waals surface area (Å²) in [6, 6.07) is 3.43. The molecule has 1 rings (SSSR count). The Labute approximate surface area is 123 Å². The van der Waals surface area contributed by atoms with Crippen LogP contribution in [0.5, 0.6) is 0 Å². The van der Waals surface area contributed by atoms with Gasteiger partial charge in [-0.05, 0) is 26.8 Å². The van der Waals surface area contributed by atoms with Crippen LogP contribution in [0.15, 0.2) is 18.3 Å². The molecule has 0 amide bonds. The van der Waals surface area contributed by atoms with Gasteiger partial charge < -0.3 is 15.3 Å². The Morgan fingerprint density at radius 1 is 1.29 bits per heavy atom. The maximum absolute atomic E-state index is 12.7. The summed E-state index contributed by atoms with van der Waals surface area (Å²) in [7, 11) is 0. The molecule has 0 spiro atoms. The lowest BCUT2D eigenvalue weighted by Gasteiger charge is -2.27. The maximum atomic E-state index is 12.7. The molecule has 120 valence electrons. The van der Waals surface area contributed by atoms with E-state index in [2.05, 4.69) is 10.3 Å². The molecule has 0 saturated heterocycles. The molecule has 21 heavy (non-hydrogen) atoms. The van der Waals surface area contributed by atoms with Gasteiger partial charge in [-0.3, -0.25) is 0 Å². The Bertz CT molecular complexity index is 444. The van der Waals surface area contributed by atoms with Gasteiger partial charge in [0.2, 0.25) is 0 Å². The third kappa shape index (κ3) is 6.77. The normalized spacial score (nSPS) is 12.5. The largest absolute Gasteiger partial charge is 0.405 e. The van der Waals surface area contributed by atoms with Crippen LogP contribution in [0.2, 0.25) is 0 Å². The van der Waals surface area contributed by atoms with Gasteiger partial charge in [-0.2, -0.15) is 13.2 Å². The third-order valence-corrected chi connectivity index (χ3v) is 2.72. The monoisotopic (exact) mass is 305 g/mol. The lowest BCUT2D eigenvalue weighted by atomic mass is 10.1. The fourth-order valence-electron chi connectivity index (χ4n) is 1.81. The first kappa shape index (κ1) is 17.7. The number of aliphatic hydroxyl groups excluding tert-OH is 1. The number of aliphatic hydroxyl groups is 1. The van der Waals surface area contributed by atoms with Crippen molar-refractivity contribution in [3.8, 4) is 0 Å². The third-order valence-electron chi connectivity index (χ3n) is 2.72. The van der Waals surface area contributed by atoms with Crippen LogP contribution < -0.4 is 10.2 Å². The summed E-state index contributed by atoms with van der Waals surface area (Å²) in [4.78, 5) is 5.11. The fourth-order valence-corrected chi connectivity index (χ4v) is 1.81. The quantitative estimate of drug-likeness (QED) is 0.847. The Balaban J connectivity index is 2.96. The molecule has 4 nitrogen and oxygen atoms in total. The number of nitrogens with one attached hydrogen (secondary N) is 1. The average Bonchev–Trinajstić information content (AvgIpc) is 2.34. The van der Waals surface area contributed by atoms with E-state index in [-0.39, 0.29) is 24.5 Å². The van der Waals surface area contributed by atoms with Crippen LogP contribution in [0.1, 0.15) is 26.3 Å². The van der Waals surface area contributed by atoms with Crippen molar-refractivity contribution in [3.63, 3.8) is 0 Å². The SMILES string of the molecule is CC(C)(C)NCc1cccnc1N(CCO)CC(F)(F)F. The minimum absolute atomic E-state index is 0.112. The van der Waals surface area contributed by atoms with Crippen LogP contribution in [0.3, 0.4) is 0 Å². The first-order valence-electron chi connectivity index (χ1n) is 6.74. The van der Waals surface area contributed by atoms with E-state index in [9.17, 15) is 13.2 Å². The molecule has 0 aliphatic heterocycles. The number of anilines is 1.